The van der Waals surface area contributed by atoms with E-state index in [0.717, 1.165) is 49.2 Å². The molecule has 0 fully saturated rings. The van der Waals surface area contributed by atoms with Crippen molar-refractivity contribution in [3.05, 3.63) is 49.8 Å². The minimum atomic E-state index is 0.0706. The normalized spacial score (nSPS) is 14.6. The van der Waals surface area contributed by atoms with Crippen molar-refractivity contribution in [1.29, 1.82) is 0 Å². The second kappa shape index (κ2) is 4.45. The molecule has 1 aliphatic carbocycles. The Balaban J connectivity index is 1.96. The van der Waals surface area contributed by atoms with Gasteiger partial charge in [-0.15, -0.1) is 11.3 Å². The summed E-state index contributed by atoms with van der Waals surface area (Å²) in [4.78, 5) is 20.7. The maximum atomic E-state index is 11.9. The van der Waals surface area contributed by atoms with Gasteiger partial charge in [0.05, 0.1) is 5.69 Å². The van der Waals surface area contributed by atoms with Crippen molar-refractivity contribution in [1.82, 2.24) is 9.97 Å². The fourth-order valence-electron chi connectivity index (χ4n) is 2.32. The van der Waals surface area contributed by atoms with E-state index in [-0.39, 0.29) is 5.56 Å². The molecule has 0 radical (unpaired) electrons. The third kappa shape index (κ3) is 2.17. The third-order valence-electron chi connectivity index (χ3n) is 3.16. The number of hydrogen-bond donors (Lipinski definition) is 1. The van der Waals surface area contributed by atoms with Crippen molar-refractivity contribution in [3.63, 3.8) is 0 Å². The lowest BCUT2D eigenvalue weighted by Gasteiger charge is -2.14. The van der Waals surface area contributed by atoms with Crippen molar-refractivity contribution in [2.45, 2.75) is 32.1 Å². The SMILES string of the molecule is O=c1[nH]c(Cc2cccs2)nc2c1CCCC2. The number of nitrogens with one attached hydrogen (secondary N) is 1. The number of thiophene rings is 1. The van der Waals surface area contributed by atoms with Crippen molar-refractivity contribution >= 4 is 11.3 Å². The Labute approximate surface area is 104 Å². The number of aryl methyl sites for hydroxylation is 1. The van der Waals surface area contributed by atoms with Gasteiger partial charge in [0.25, 0.3) is 5.56 Å². The minimum Gasteiger partial charge on any atom is -0.310 e. The molecule has 0 saturated carbocycles. The van der Waals surface area contributed by atoms with E-state index in [9.17, 15) is 4.79 Å². The number of H-pyrrole nitrogens is 1. The number of hydrogen-bond acceptors (Lipinski definition) is 3. The lowest BCUT2D eigenvalue weighted by Crippen LogP contribution is -2.22. The molecule has 0 aliphatic heterocycles. The van der Waals surface area contributed by atoms with Gasteiger partial charge in [0.15, 0.2) is 0 Å². The standard InChI is InChI=1S/C13H14N2OS/c16-13-10-5-1-2-6-11(10)14-12(15-13)8-9-4-3-7-17-9/h3-4,7H,1-2,5-6,8H2,(H,14,15,16). The Morgan fingerprint density at radius 2 is 2.24 bits per heavy atom. The van der Waals surface area contributed by atoms with Crippen LogP contribution in [0.15, 0.2) is 22.3 Å². The number of fused-ring (bicyclic) bond motifs is 1. The van der Waals surface area contributed by atoms with E-state index in [1.54, 1.807) is 11.3 Å². The van der Waals surface area contributed by atoms with Gasteiger partial charge in [0.2, 0.25) is 0 Å². The van der Waals surface area contributed by atoms with Crippen LogP contribution >= 0.6 is 11.3 Å². The van der Waals surface area contributed by atoms with Gasteiger partial charge in [-0.3, -0.25) is 4.79 Å². The molecule has 2 heterocycles. The van der Waals surface area contributed by atoms with Gasteiger partial charge in [-0.2, -0.15) is 0 Å². The highest BCUT2D eigenvalue weighted by Gasteiger charge is 2.15. The van der Waals surface area contributed by atoms with E-state index in [1.165, 1.54) is 4.88 Å². The van der Waals surface area contributed by atoms with Crippen LogP contribution in [0.3, 0.4) is 0 Å². The summed E-state index contributed by atoms with van der Waals surface area (Å²) in [5.41, 5.74) is 2.00. The third-order valence-corrected chi connectivity index (χ3v) is 4.04. The van der Waals surface area contributed by atoms with Crippen LogP contribution in [0.25, 0.3) is 0 Å². The summed E-state index contributed by atoms with van der Waals surface area (Å²) in [6, 6.07) is 4.10. The maximum Gasteiger partial charge on any atom is 0.254 e. The summed E-state index contributed by atoms with van der Waals surface area (Å²) in [5, 5.41) is 2.05. The molecule has 17 heavy (non-hydrogen) atoms. The first-order valence-electron chi connectivity index (χ1n) is 5.96. The van der Waals surface area contributed by atoms with Gasteiger partial charge < -0.3 is 4.98 Å². The molecule has 1 aliphatic rings. The zero-order valence-electron chi connectivity index (χ0n) is 9.53. The highest BCUT2D eigenvalue weighted by atomic mass is 32.1. The van der Waals surface area contributed by atoms with Crippen molar-refractivity contribution in [2.24, 2.45) is 0 Å². The molecule has 3 rings (SSSR count). The van der Waals surface area contributed by atoms with E-state index >= 15 is 0 Å². The van der Waals surface area contributed by atoms with E-state index < -0.39 is 0 Å². The van der Waals surface area contributed by atoms with Crippen LogP contribution in [0.5, 0.6) is 0 Å². The molecule has 0 unspecified atom stereocenters. The van der Waals surface area contributed by atoms with Gasteiger partial charge in [-0.25, -0.2) is 4.98 Å². The number of aromatic nitrogens is 2. The molecule has 4 heteroatoms. The number of aromatic amines is 1. The topological polar surface area (TPSA) is 45.8 Å². The van der Waals surface area contributed by atoms with Crippen LogP contribution in [0.1, 0.15) is 34.8 Å². The maximum absolute atomic E-state index is 11.9. The van der Waals surface area contributed by atoms with Gasteiger partial charge in [-0.05, 0) is 37.1 Å². The molecular formula is C13H14N2OS. The Hall–Kier alpha value is -1.42. The van der Waals surface area contributed by atoms with E-state index in [2.05, 4.69) is 16.0 Å². The highest BCUT2D eigenvalue weighted by Crippen LogP contribution is 2.17. The van der Waals surface area contributed by atoms with Gasteiger partial charge in [0.1, 0.15) is 5.82 Å². The Morgan fingerprint density at radius 1 is 1.35 bits per heavy atom. The molecule has 3 nitrogen and oxygen atoms in total. The first kappa shape index (κ1) is 10.7. The predicted octanol–water partition coefficient (Wildman–Crippen LogP) is 2.30. The Morgan fingerprint density at radius 3 is 3.06 bits per heavy atom. The van der Waals surface area contributed by atoms with Gasteiger partial charge in [0, 0.05) is 16.9 Å². The van der Waals surface area contributed by atoms with E-state index in [0.29, 0.717) is 0 Å². The molecule has 0 bridgehead atoms. The summed E-state index contributed by atoms with van der Waals surface area (Å²) in [5.74, 6) is 0.804. The minimum absolute atomic E-state index is 0.0706. The van der Waals surface area contributed by atoms with Crippen LogP contribution < -0.4 is 5.56 Å². The van der Waals surface area contributed by atoms with Crippen LogP contribution in [-0.4, -0.2) is 9.97 Å². The lowest BCUT2D eigenvalue weighted by molar-refractivity contribution is 0.649. The van der Waals surface area contributed by atoms with Gasteiger partial charge in [-0.1, -0.05) is 6.07 Å². The predicted molar refractivity (Wildman–Crippen MR) is 68.6 cm³/mol. The van der Waals surface area contributed by atoms with Crippen molar-refractivity contribution in [2.75, 3.05) is 0 Å². The molecule has 0 aromatic carbocycles. The highest BCUT2D eigenvalue weighted by molar-refractivity contribution is 7.09. The summed E-state index contributed by atoms with van der Waals surface area (Å²) in [6.07, 6.45) is 4.84. The number of rotatable bonds is 2. The van der Waals surface area contributed by atoms with Crippen molar-refractivity contribution in [3.8, 4) is 0 Å². The lowest BCUT2D eigenvalue weighted by atomic mass is 9.97. The average Bonchev–Trinajstić information content (AvgIpc) is 2.82. The smallest absolute Gasteiger partial charge is 0.254 e. The molecule has 0 spiro atoms. The van der Waals surface area contributed by atoms with Crippen LogP contribution in [0.2, 0.25) is 0 Å². The van der Waals surface area contributed by atoms with E-state index in [1.807, 2.05) is 11.4 Å². The van der Waals surface area contributed by atoms with Crippen LogP contribution in [0, 0.1) is 0 Å². The summed E-state index contributed by atoms with van der Waals surface area (Å²) < 4.78 is 0. The van der Waals surface area contributed by atoms with Crippen LogP contribution in [0.4, 0.5) is 0 Å². The summed E-state index contributed by atoms with van der Waals surface area (Å²) in [7, 11) is 0. The van der Waals surface area contributed by atoms with Crippen molar-refractivity contribution < 1.29 is 0 Å². The first-order chi connectivity index (χ1) is 8.33. The molecule has 0 amide bonds. The summed E-state index contributed by atoms with van der Waals surface area (Å²) >= 11 is 1.70. The van der Waals surface area contributed by atoms with E-state index in [4.69, 9.17) is 0 Å². The first-order valence-corrected chi connectivity index (χ1v) is 6.84. The summed E-state index contributed by atoms with van der Waals surface area (Å²) in [6.45, 7) is 0. The molecular weight excluding hydrogens is 232 g/mol. The zero-order chi connectivity index (χ0) is 11.7. The fraction of sp³-hybridized carbons (Fsp3) is 0.385. The Bertz CT molecular complexity index is 572. The fourth-order valence-corrected chi connectivity index (χ4v) is 3.03. The van der Waals surface area contributed by atoms with Gasteiger partial charge >= 0.3 is 0 Å². The molecule has 0 atom stereocenters. The zero-order valence-corrected chi connectivity index (χ0v) is 10.3. The average molecular weight is 246 g/mol. The second-order valence-electron chi connectivity index (χ2n) is 4.40. The molecule has 0 saturated heterocycles. The molecule has 88 valence electrons. The molecule has 1 N–H and O–H groups in total. The Kier molecular flexibility index (Phi) is 2.81. The number of nitrogens with zero attached hydrogens (tertiary/aromatic N) is 1. The molecule has 2 aromatic heterocycles. The largest absolute Gasteiger partial charge is 0.310 e. The second-order valence-corrected chi connectivity index (χ2v) is 5.43. The van der Waals surface area contributed by atoms with Crippen LogP contribution in [-0.2, 0) is 19.3 Å². The molecule has 2 aromatic rings. The monoisotopic (exact) mass is 246 g/mol. The quantitative estimate of drug-likeness (QED) is 0.883.